The van der Waals surface area contributed by atoms with Crippen LogP contribution < -0.4 is 10.1 Å². The Bertz CT molecular complexity index is 1040. The van der Waals surface area contributed by atoms with Crippen LogP contribution in [-0.4, -0.2) is 9.38 Å². The van der Waals surface area contributed by atoms with Gasteiger partial charge in [-0.25, -0.2) is 9.38 Å². The Morgan fingerprint density at radius 1 is 1.25 bits per heavy atom. The SMILES string of the molecule is Cc1ccc(/C=c2/sc3nc4ccccc4n3c2=O)o1. The van der Waals surface area contributed by atoms with Gasteiger partial charge in [0.15, 0.2) is 4.96 Å². The molecule has 20 heavy (non-hydrogen) atoms. The van der Waals surface area contributed by atoms with Gasteiger partial charge >= 0.3 is 0 Å². The molecule has 0 saturated heterocycles. The molecule has 0 radical (unpaired) electrons. The predicted molar refractivity (Wildman–Crippen MR) is 79.1 cm³/mol. The van der Waals surface area contributed by atoms with E-state index in [0.717, 1.165) is 16.8 Å². The van der Waals surface area contributed by atoms with Crippen molar-refractivity contribution >= 4 is 33.4 Å². The van der Waals surface area contributed by atoms with E-state index in [1.165, 1.54) is 11.3 Å². The molecule has 0 N–H and O–H groups in total. The first-order valence-electron chi connectivity index (χ1n) is 6.20. The number of fused-ring (bicyclic) bond motifs is 3. The van der Waals surface area contributed by atoms with Gasteiger partial charge in [-0.05, 0) is 31.2 Å². The standard InChI is InChI=1S/C15H10N2O2S/c1-9-6-7-10(19-9)8-13-14(18)17-12-5-3-2-4-11(12)16-15(17)20-13/h2-8H,1H3/b13-8+. The number of furan rings is 1. The first kappa shape index (κ1) is 11.4. The number of hydrogen-bond acceptors (Lipinski definition) is 4. The quantitative estimate of drug-likeness (QED) is 0.538. The second-order valence-electron chi connectivity index (χ2n) is 4.58. The van der Waals surface area contributed by atoms with Crippen molar-refractivity contribution < 1.29 is 4.42 Å². The summed E-state index contributed by atoms with van der Waals surface area (Å²) >= 11 is 1.38. The van der Waals surface area contributed by atoms with Crippen LogP contribution in [0, 0.1) is 6.92 Å². The lowest BCUT2D eigenvalue weighted by atomic mass is 10.3. The van der Waals surface area contributed by atoms with Crippen molar-refractivity contribution in [2.45, 2.75) is 6.92 Å². The molecule has 4 nitrogen and oxygen atoms in total. The van der Waals surface area contributed by atoms with Crippen molar-refractivity contribution in [1.29, 1.82) is 0 Å². The number of aromatic nitrogens is 2. The summed E-state index contributed by atoms with van der Waals surface area (Å²) in [7, 11) is 0. The molecule has 0 bridgehead atoms. The van der Waals surface area contributed by atoms with Crippen molar-refractivity contribution in [1.82, 2.24) is 9.38 Å². The van der Waals surface area contributed by atoms with Crippen molar-refractivity contribution in [2.75, 3.05) is 0 Å². The summed E-state index contributed by atoms with van der Waals surface area (Å²) in [6.07, 6.45) is 1.77. The van der Waals surface area contributed by atoms with E-state index in [1.807, 2.05) is 43.3 Å². The summed E-state index contributed by atoms with van der Waals surface area (Å²) in [4.78, 5) is 17.7. The Balaban J connectivity index is 2.05. The van der Waals surface area contributed by atoms with E-state index in [9.17, 15) is 4.79 Å². The monoisotopic (exact) mass is 282 g/mol. The Kier molecular flexibility index (Phi) is 2.31. The fourth-order valence-corrected chi connectivity index (χ4v) is 3.24. The van der Waals surface area contributed by atoms with E-state index < -0.39 is 0 Å². The zero-order chi connectivity index (χ0) is 13.7. The second kappa shape index (κ2) is 4.05. The van der Waals surface area contributed by atoms with Gasteiger partial charge in [0, 0.05) is 6.08 Å². The maximum absolute atomic E-state index is 12.5. The molecule has 0 aliphatic heterocycles. The molecule has 98 valence electrons. The van der Waals surface area contributed by atoms with Gasteiger partial charge < -0.3 is 4.42 Å². The number of benzene rings is 1. The van der Waals surface area contributed by atoms with E-state index in [4.69, 9.17) is 4.42 Å². The Hall–Kier alpha value is -2.40. The molecule has 4 rings (SSSR count). The minimum Gasteiger partial charge on any atom is -0.462 e. The van der Waals surface area contributed by atoms with Crippen LogP contribution in [0.1, 0.15) is 11.5 Å². The fraction of sp³-hybridized carbons (Fsp3) is 0.0667. The minimum absolute atomic E-state index is 0.0484. The first-order chi connectivity index (χ1) is 9.72. The van der Waals surface area contributed by atoms with Crippen molar-refractivity contribution in [3.05, 3.63) is 62.8 Å². The molecule has 0 fully saturated rings. The highest BCUT2D eigenvalue weighted by Gasteiger charge is 2.10. The van der Waals surface area contributed by atoms with Crippen molar-refractivity contribution in [3.63, 3.8) is 0 Å². The van der Waals surface area contributed by atoms with Crippen LogP contribution >= 0.6 is 11.3 Å². The summed E-state index contributed by atoms with van der Waals surface area (Å²) in [5.74, 6) is 1.52. The summed E-state index contributed by atoms with van der Waals surface area (Å²) in [6.45, 7) is 1.88. The minimum atomic E-state index is -0.0484. The first-order valence-corrected chi connectivity index (χ1v) is 7.02. The second-order valence-corrected chi connectivity index (χ2v) is 5.59. The molecular formula is C15H10N2O2S. The maximum atomic E-state index is 12.5. The number of aryl methyl sites for hydroxylation is 1. The van der Waals surface area contributed by atoms with Gasteiger partial charge in [-0.1, -0.05) is 23.5 Å². The van der Waals surface area contributed by atoms with Crippen molar-refractivity contribution in [3.8, 4) is 0 Å². The normalized spacial score (nSPS) is 12.8. The third kappa shape index (κ3) is 1.60. The summed E-state index contributed by atoms with van der Waals surface area (Å²) in [5, 5.41) is 0. The number of thiazole rings is 1. The molecule has 0 amide bonds. The smallest absolute Gasteiger partial charge is 0.275 e. The van der Waals surface area contributed by atoms with E-state index >= 15 is 0 Å². The zero-order valence-corrected chi connectivity index (χ0v) is 11.5. The molecular weight excluding hydrogens is 272 g/mol. The van der Waals surface area contributed by atoms with Gasteiger partial charge in [0.2, 0.25) is 0 Å². The molecule has 3 aromatic heterocycles. The van der Waals surface area contributed by atoms with E-state index in [1.54, 1.807) is 10.5 Å². The third-order valence-electron chi connectivity index (χ3n) is 3.18. The van der Waals surface area contributed by atoms with Gasteiger partial charge in [-0.3, -0.25) is 4.79 Å². The topological polar surface area (TPSA) is 47.5 Å². The van der Waals surface area contributed by atoms with Gasteiger partial charge in [0.1, 0.15) is 16.1 Å². The van der Waals surface area contributed by atoms with E-state index in [0.29, 0.717) is 15.3 Å². The molecule has 0 aliphatic rings. The van der Waals surface area contributed by atoms with Crippen molar-refractivity contribution in [2.24, 2.45) is 0 Å². The third-order valence-corrected chi connectivity index (χ3v) is 4.15. The van der Waals surface area contributed by atoms with E-state index in [-0.39, 0.29) is 5.56 Å². The Labute approximate surface area is 117 Å². The molecule has 0 unspecified atom stereocenters. The van der Waals surface area contributed by atoms with Gasteiger partial charge in [0.25, 0.3) is 5.56 Å². The highest BCUT2D eigenvalue weighted by atomic mass is 32.1. The molecule has 0 aliphatic carbocycles. The van der Waals surface area contributed by atoms with Crippen LogP contribution in [0.15, 0.2) is 45.6 Å². The van der Waals surface area contributed by atoms with Gasteiger partial charge in [-0.2, -0.15) is 0 Å². The van der Waals surface area contributed by atoms with Gasteiger partial charge in [0.05, 0.1) is 11.0 Å². The average molecular weight is 282 g/mol. The highest BCUT2D eigenvalue weighted by molar-refractivity contribution is 7.15. The molecule has 1 aromatic carbocycles. The highest BCUT2D eigenvalue weighted by Crippen LogP contribution is 2.15. The number of rotatable bonds is 1. The Morgan fingerprint density at radius 3 is 2.90 bits per heavy atom. The lowest BCUT2D eigenvalue weighted by Crippen LogP contribution is -2.22. The summed E-state index contributed by atoms with van der Waals surface area (Å²) < 4.78 is 7.77. The zero-order valence-electron chi connectivity index (χ0n) is 10.7. The molecule has 4 aromatic rings. The number of imidazole rings is 1. The lowest BCUT2D eigenvalue weighted by Gasteiger charge is -1.86. The maximum Gasteiger partial charge on any atom is 0.275 e. The molecule has 0 atom stereocenters. The summed E-state index contributed by atoms with van der Waals surface area (Å²) in [6, 6.07) is 11.4. The van der Waals surface area contributed by atoms with Crippen LogP contribution in [0.25, 0.3) is 22.1 Å². The molecule has 3 heterocycles. The Morgan fingerprint density at radius 2 is 2.10 bits per heavy atom. The lowest BCUT2D eigenvalue weighted by molar-refractivity contribution is 0.525. The van der Waals surface area contributed by atoms with Crippen LogP contribution in [0.3, 0.4) is 0 Å². The number of hydrogen-bond donors (Lipinski definition) is 0. The van der Waals surface area contributed by atoms with Crippen LogP contribution in [0.2, 0.25) is 0 Å². The number of nitrogens with zero attached hydrogens (tertiary/aromatic N) is 2. The molecule has 0 saturated carbocycles. The summed E-state index contributed by atoms with van der Waals surface area (Å²) in [5.41, 5.74) is 1.64. The van der Waals surface area contributed by atoms with Gasteiger partial charge in [-0.15, -0.1) is 0 Å². The predicted octanol–water partition coefficient (Wildman–Crippen LogP) is 2.36. The molecule has 0 spiro atoms. The fourth-order valence-electron chi connectivity index (χ4n) is 2.27. The van der Waals surface area contributed by atoms with Crippen LogP contribution in [-0.2, 0) is 0 Å². The largest absolute Gasteiger partial charge is 0.462 e. The number of para-hydroxylation sites is 2. The average Bonchev–Trinajstić information content (AvgIpc) is 3.07. The van der Waals surface area contributed by atoms with E-state index in [2.05, 4.69) is 4.98 Å². The van der Waals surface area contributed by atoms with Crippen LogP contribution in [0.5, 0.6) is 0 Å². The molecule has 5 heteroatoms. The van der Waals surface area contributed by atoms with Crippen LogP contribution in [0.4, 0.5) is 0 Å².